The Kier molecular flexibility index (Phi) is 3.35. The maximum Gasteiger partial charge on any atom is -0.0113 e. The molecule has 25 heavy (non-hydrogen) atoms. The van der Waals surface area contributed by atoms with Gasteiger partial charge in [0.1, 0.15) is 0 Å². The van der Waals surface area contributed by atoms with Crippen molar-refractivity contribution in [2.45, 2.75) is 86.0 Å². The topological polar surface area (TPSA) is 0 Å². The van der Waals surface area contributed by atoms with Crippen LogP contribution in [-0.4, -0.2) is 0 Å². The minimum Gasteiger partial charge on any atom is -0.0990 e. The molecular weight excluding hydrogens is 300 g/mol. The van der Waals surface area contributed by atoms with Crippen LogP contribution in [0.3, 0.4) is 0 Å². The molecule has 0 heterocycles. The SMILES string of the molecule is C=C1[C@@H]2CC[C@@]1(C)C[C@H]1[C@@H]2C[C@@]2(C)CC[C@]3(C)CC[C@H](C(C)C)[C@H]3[C@H]12. The van der Waals surface area contributed by atoms with E-state index in [1.807, 2.05) is 0 Å². The standard InChI is InChI=1S/C25H40/c1-15(2)17-7-9-23(4)11-12-25(6)13-19-18-8-10-24(5,16(18)3)14-20(19)22(25)21(17)23/h15,17-22H,3,7-14H2,1-2,4-6H3/t17-,18+,19-,20+,21+,22+,23+,24+,25-/m1/s1. The van der Waals surface area contributed by atoms with Gasteiger partial charge in [-0.3, -0.25) is 0 Å². The van der Waals surface area contributed by atoms with Crippen molar-refractivity contribution in [3.05, 3.63) is 12.2 Å². The molecule has 140 valence electrons. The second-order valence-electron chi connectivity index (χ2n) is 12.3. The highest BCUT2D eigenvalue weighted by atomic mass is 14.7. The van der Waals surface area contributed by atoms with Crippen molar-refractivity contribution >= 4 is 0 Å². The van der Waals surface area contributed by atoms with Gasteiger partial charge in [-0.05, 0) is 109 Å². The van der Waals surface area contributed by atoms with Gasteiger partial charge in [0.15, 0.2) is 0 Å². The van der Waals surface area contributed by atoms with Gasteiger partial charge in [-0.1, -0.05) is 46.8 Å². The van der Waals surface area contributed by atoms with E-state index in [1.54, 1.807) is 5.57 Å². The van der Waals surface area contributed by atoms with Gasteiger partial charge in [0.25, 0.3) is 0 Å². The Hall–Kier alpha value is -0.260. The van der Waals surface area contributed by atoms with E-state index in [9.17, 15) is 0 Å². The van der Waals surface area contributed by atoms with E-state index in [0.29, 0.717) is 16.2 Å². The van der Waals surface area contributed by atoms with Crippen LogP contribution in [0.1, 0.15) is 86.0 Å². The van der Waals surface area contributed by atoms with Gasteiger partial charge < -0.3 is 0 Å². The minimum absolute atomic E-state index is 0.483. The van der Waals surface area contributed by atoms with Gasteiger partial charge >= 0.3 is 0 Å². The first-order chi connectivity index (χ1) is 11.7. The largest absolute Gasteiger partial charge is 0.0990 e. The second-order valence-corrected chi connectivity index (χ2v) is 12.3. The Labute approximate surface area is 156 Å². The van der Waals surface area contributed by atoms with Crippen LogP contribution in [0.4, 0.5) is 0 Å². The molecule has 9 atom stereocenters. The van der Waals surface area contributed by atoms with Crippen molar-refractivity contribution in [2.75, 3.05) is 0 Å². The molecule has 0 heteroatoms. The van der Waals surface area contributed by atoms with Crippen LogP contribution < -0.4 is 0 Å². The highest BCUT2D eigenvalue weighted by molar-refractivity contribution is 5.27. The van der Waals surface area contributed by atoms with Gasteiger partial charge in [-0.15, -0.1) is 0 Å². The molecule has 0 nitrogen and oxygen atoms in total. The fraction of sp³-hybridized carbons (Fsp3) is 0.920. The number of hydrogen-bond donors (Lipinski definition) is 0. The molecule has 0 aromatic rings. The van der Waals surface area contributed by atoms with Crippen molar-refractivity contribution in [1.82, 2.24) is 0 Å². The average Bonchev–Trinajstić information content (AvgIpc) is 3.08. The molecular formula is C25H40. The Balaban J connectivity index is 1.58. The van der Waals surface area contributed by atoms with Crippen LogP contribution in [0.5, 0.6) is 0 Å². The van der Waals surface area contributed by atoms with Crippen molar-refractivity contribution in [3.8, 4) is 0 Å². The van der Waals surface area contributed by atoms with Crippen LogP contribution in [0.25, 0.3) is 0 Å². The summed E-state index contributed by atoms with van der Waals surface area (Å²) in [5.74, 6) is 6.75. The third kappa shape index (κ3) is 2.01. The monoisotopic (exact) mass is 340 g/mol. The first-order valence-corrected chi connectivity index (χ1v) is 11.4. The molecule has 0 aromatic heterocycles. The minimum atomic E-state index is 0.483. The van der Waals surface area contributed by atoms with Crippen LogP contribution >= 0.6 is 0 Å². The molecule has 2 bridgehead atoms. The Morgan fingerprint density at radius 1 is 0.840 bits per heavy atom. The zero-order chi connectivity index (χ0) is 17.8. The average molecular weight is 341 g/mol. The first-order valence-electron chi connectivity index (χ1n) is 11.4. The molecule has 5 fully saturated rings. The maximum atomic E-state index is 4.63. The zero-order valence-corrected chi connectivity index (χ0v) is 17.4. The molecule has 0 saturated heterocycles. The molecule has 0 unspecified atom stereocenters. The van der Waals surface area contributed by atoms with Gasteiger partial charge in [-0.25, -0.2) is 0 Å². The summed E-state index contributed by atoms with van der Waals surface area (Å²) in [6.45, 7) is 17.6. The normalized spacial score (nSPS) is 59.8. The van der Waals surface area contributed by atoms with Crippen molar-refractivity contribution in [2.24, 2.45) is 57.7 Å². The lowest BCUT2D eigenvalue weighted by Gasteiger charge is -2.54. The van der Waals surface area contributed by atoms with Gasteiger partial charge in [0.2, 0.25) is 0 Å². The van der Waals surface area contributed by atoms with E-state index in [1.165, 1.54) is 51.4 Å². The Morgan fingerprint density at radius 3 is 2.28 bits per heavy atom. The quantitative estimate of drug-likeness (QED) is 0.446. The van der Waals surface area contributed by atoms with E-state index in [-0.39, 0.29) is 0 Å². The number of fused-ring (bicyclic) bond motifs is 8. The number of rotatable bonds is 1. The molecule has 5 saturated carbocycles. The zero-order valence-electron chi connectivity index (χ0n) is 17.4. The third-order valence-corrected chi connectivity index (χ3v) is 10.8. The molecule has 5 aliphatic carbocycles. The van der Waals surface area contributed by atoms with Crippen molar-refractivity contribution in [3.63, 3.8) is 0 Å². The molecule has 0 aliphatic heterocycles. The van der Waals surface area contributed by atoms with Crippen LogP contribution in [-0.2, 0) is 0 Å². The van der Waals surface area contributed by atoms with Crippen LogP contribution in [0.2, 0.25) is 0 Å². The van der Waals surface area contributed by atoms with Gasteiger partial charge in [-0.2, -0.15) is 0 Å². The smallest absolute Gasteiger partial charge is 0.0113 e. The van der Waals surface area contributed by atoms with Gasteiger partial charge in [0.05, 0.1) is 0 Å². The molecule has 0 spiro atoms. The highest BCUT2D eigenvalue weighted by Gasteiger charge is 2.67. The summed E-state index contributed by atoms with van der Waals surface area (Å²) in [4.78, 5) is 0. The summed E-state index contributed by atoms with van der Waals surface area (Å²) < 4.78 is 0. The fourth-order valence-corrected chi connectivity index (χ4v) is 9.45. The lowest BCUT2D eigenvalue weighted by Crippen LogP contribution is -2.48. The summed E-state index contributed by atoms with van der Waals surface area (Å²) in [6, 6.07) is 0. The van der Waals surface area contributed by atoms with Crippen LogP contribution in [0, 0.1) is 57.7 Å². The van der Waals surface area contributed by atoms with Crippen molar-refractivity contribution < 1.29 is 0 Å². The molecule has 0 radical (unpaired) electrons. The maximum absolute atomic E-state index is 4.63. The summed E-state index contributed by atoms with van der Waals surface area (Å²) >= 11 is 0. The van der Waals surface area contributed by atoms with E-state index in [2.05, 4.69) is 41.2 Å². The van der Waals surface area contributed by atoms with Crippen molar-refractivity contribution in [1.29, 1.82) is 0 Å². The van der Waals surface area contributed by atoms with E-state index >= 15 is 0 Å². The highest BCUT2D eigenvalue weighted by Crippen LogP contribution is 2.75. The predicted molar refractivity (Wildman–Crippen MR) is 106 cm³/mol. The second kappa shape index (κ2) is 4.96. The summed E-state index contributed by atoms with van der Waals surface area (Å²) in [7, 11) is 0. The van der Waals surface area contributed by atoms with E-state index < -0.39 is 0 Å². The first kappa shape index (κ1) is 16.9. The molecule has 0 amide bonds. The van der Waals surface area contributed by atoms with E-state index in [4.69, 9.17) is 0 Å². The molecule has 5 rings (SSSR count). The summed E-state index contributed by atoms with van der Waals surface area (Å²) in [5.41, 5.74) is 3.43. The molecule has 0 N–H and O–H groups in total. The summed E-state index contributed by atoms with van der Waals surface area (Å²) in [6.07, 6.45) is 11.9. The molecule has 5 aliphatic rings. The van der Waals surface area contributed by atoms with Gasteiger partial charge in [0, 0.05) is 0 Å². The predicted octanol–water partition coefficient (Wildman–Crippen LogP) is 7.10. The fourth-order valence-electron chi connectivity index (χ4n) is 9.45. The van der Waals surface area contributed by atoms with Crippen LogP contribution in [0.15, 0.2) is 12.2 Å². The van der Waals surface area contributed by atoms with E-state index in [0.717, 1.165) is 41.4 Å². The summed E-state index contributed by atoms with van der Waals surface area (Å²) in [5, 5.41) is 0. The Bertz CT molecular complexity index is 601. The number of hydrogen-bond acceptors (Lipinski definition) is 0. The molecule has 0 aromatic carbocycles. The lowest BCUT2D eigenvalue weighted by atomic mass is 9.50. The third-order valence-electron chi connectivity index (χ3n) is 10.8. The number of allylic oxidation sites excluding steroid dienone is 1. The lowest BCUT2D eigenvalue weighted by molar-refractivity contribution is -0.0525. The Morgan fingerprint density at radius 2 is 1.56 bits per heavy atom.